The van der Waals surface area contributed by atoms with Crippen LogP contribution < -0.4 is 21.5 Å². The second-order valence-corrected chi connectivity index (χ2v) is 11.8. The minimum Gasteiger partial charge on any atom is -0.435 e. The number of rotatable bonds is 7. The van der Waals surface area contributed by atoms with Crippen LogP contribution in [0.5, 0.6) is 5.75 Å². The molecule has 0 saturated carbocycles. The van der Waals surface area contributed by atoms with E-state index >= 15 is 0 Å². The van der Waals surface area contributed by atoms with Gasteiger partial charge in [0.05, 0.1) is 16.7 Å². The van der Waals surface area contributed by atoms with Gasteiger partial charge in [-0.3, -0.25) is 27.8 Å². The fourth-order valence-electron chi connectivity index (χ4n) is 4.39. The molecule has 4 rings (SSSR count). The summed E-state index contributed by atoms with van der Waals surface area (Å²) < 4.78 is 52.1. The molecule has 1 fully saturated rings. The van der Waals surface area contributed by atoms with Gasteiger partial charge < -0.3 is 15.8 Å². The summed E-state index contributed by atoms with van der Waals surface area (Å²) in [5.41, 5.74) is 5.18. The van der Waals surface area contributed by atoms with Crippen molar-refractivity contribution < 1.29 is 32.2 Å². The number of alkyl halides is 2. The highest BCUT2D eigenvalue weighted by Gasteiger charge is 2.35. The number of nitrogens with one attached hydrogen (secondary N) is 1. The van der Waals surface area contributed by atoms with Crippen LogP contribution in [0.4, 0.5) is 8.78 Å². The number of halogens is 2. The number of ether oxygens (including phenoxy) is 1. The lowest BCUT2D eigenvalue weighted by atomic mass is 9.94. The van der Waals surface area contributed by atoms with E-state index in [9.17, 15) is 32.3 Å². The first kappa shape index (κ1) is 26.6. The van der Waals surface area contributed by atoms with E-state index in [0.29, 0.717) is 18.4 Å². The van der Waals surface area contributed by atoms with Gasteiger partial charge in [-0.15, -0.1) is 0 Å². The Morgan fingerprint density at radius 2 is 1.81 bits per heavy atom. The van der Waals surface area contributed by atoms with Gasteiger partial charge in [0, 0.05) is 28.7 Å². The molecule has 1 aromatic heterocycles. The lowest BCUT2D eigenvalue weighted by molar-refractivity contribution is -0.120. The largest absolute Gasteiger partial charge is 0.435 e. The van der Waals surface area contributed by atoms with Gasteiger partial charge in [0.25, 0.3) is 5.91 Å². The zero-order valence-corrected chi connectivity index (χ0v) is 21.0. The number of nitrogens with zero attached hydrogens (tertiary/aromatic N) is 2. The lowest BCUT2D eigenvalue weighted by Gasteiger charge is -2.44. The second kappa shape index (κ2) is 9.80. The van der Waals surface area contributed by atoms with E-state index in [2.05, 4.69) is 10.1 Å². The highest BCUT2D eigenvalue weighted by molar-refractivity contribution is 8.24. The molecule has 0 radical (unpaired) electrons. The van der Waals surface area contributed by atoms with E-state index in [0.717, 1.165) is 4.57 Å². The van der Waals surface area contributed by atoms with Crippen molar-refractivity contribution in [3.8, 4) is 11.4 Å². The summed E-state index contributed by atoms with van der Waals surface area (Å²) in [6.07, 6.45) is 0.778. The molecule has 13 heteroatoms. The number of fused-ring (bicyclic) bond motifs is 1. The van der Waals surface area contributed by atoms with Crippen LogP contribution in [0.25, 0.3) is 16.7 Å². The molecule has 1 unspecified atom stereocenters. The number of benzene rings is 2. The minimum atomic E-state index is -3.05. The number of primary amides is 1. The third-order valence-electron chi connectivity index (χ3n) is 6.61. The van der Waals surface area contributed by atoms with E-state index in [1.165, 1.54) is 54.0 Å². The molecule has 0 aliphatic carbocycles. The molecule has 1 aliphatic rings. The molecular weight excluding hydrogens is 510 g/mol. The number of hydrogen-bond donors (Lipinski definition) is 4. The Balaban J connectivity index is 1.78. The van der Waals surface area contributed by atoms with Gasteiger partial charge in [0.2, 0.25) is 5.91 Å². The third kappa shape index (κ3) is 5.48. The molecule has 2 heterocycles. The van der Waals surface area contributed by atoms with Crippen molar-refractivity contribution in [3.63, 3.8) is 0 Å². The van der Waals surface area contributed by atoms with Crippen LogP contribution in [-0.2, 0) is 4.79 Å². The van der Waals surface area contributed by atoms with Crippen LogP contribution in [-0.4, -0.2) is 53.7 Å². The standard InChI is InChI=1S/C24H28F2N4O6S/c1-14(20(27)31)29-19-12-15(21(32)28-24(2)8-10-37(34,35)11-9-24)6-7-18(19)30(23(29)33)16-4-3-5-17(13-16)36-22(25)26/h3-7,12-14,22,34-35H,8-11H2,1-2H3,(H2,27,31)(H,28,32). The van der Waals surface area contributed by atoms with E-state index in [4.69, 9.17) is 5.73 Å². The number of carbonyl (C=O) groups is 2. The van der Waals surface area contributed by atoms with E-state index < -0.39 is 46.3 Å². The SMILES string of the molecule is CC(C(N)=O)n1c(=O)n(-c2cccc(OC(F)F)c2)c2ccc(C(=O)NC3(C)CCS(O)(O)CC3)cc21. The van der Waals surface area contributed by atoms with Gasteiger partial charge in [-0.05, 0) is 57.0 Å². The molecule has 2 aromatic carbocycles. The number of hydrogen-bond acceptors (Lipinski definition) is 6. The third-order valence-corrected chi connectivity index (χ3v) is 8.33. The molecule has 10 nitrogen and oxygen atoms in total. The predicted octanol–water partition coefficient (Wildman–Crippen LogP) is 3.47. The molecule has 1 saturated heterocycles. The van der Waals surface area contributed by atoms with Crippen molar-refractivity contribution in [1.29, 1.82) is 0 Å². The monoisotopic (exact) mass is 538 g/mol. The van der Waals surface area contributed by atoms with Crippen molar-refractivity contribution in [2.75, 3.05) is 11.5 Å². The Kier molecular flexibility index (Phi) is 7.06. The number of aromatic nitrogens is 2. The molecule has 2 amide bonds. The summed E-state index contributed by atoms with van der Waals surface area (Å²) in [4.78, 5) is 38.6. The number of amides is 2. The van der Waals surface area contributed by atoms with Gasteiger partial charge >= 0.3 is 12.3 Å². The smallest absolute Gasteiger partial charge is 0.387 e. The first-order chi connectivity index (χ1) is 17.3. The predicted molar refractivity (Wildman–Crippen MR) is 136 cm³/mol. The maximum atomic E-state index is 13.5. The first-order valence-corrected chi connectivity index (χ1v) is 13.4. The topological polar surface area (TPSA) is 149 Å². The lowest BCUT2D eigenvalue weighted by Crippen LogP contribution is -2.50. The van der Waals surface area contributed by atoms with Crippen LogP contribution in [0, 0.1) is 0 Å². The van der Waals surface area contributed by atoms with Crippen LogP contribution >= 0.6 is 10.6 Å². The molecule has 0 bridgehead atoms. The quantitative estimate of drug-likeness (QED) is 0.362. The van der Waals surface area contributed by atoms with E-state index in [1.54, 1.807) is 0 Å². The summed E-state index contributed by atoms with van der Waals surface area (Å²) in [6, 6.07) is 8.97. The molecule has 200 valence electrons. The summed E-state index contributed by atoms with van der Waals surface area (Å²) in [7, 11) is -2.63. The second-order valence-electron chi connectivity index (χ2n) is 9.37. The number of nitrogens with two attached hydrogens (primary N) is 1. The highest BCUT2D eigenvalue weighted by atomic mass is 32.3. The van der Waals surface area contributed by atoms with Gasteiger partial charge in [0.15, 0.2) is 0 Å². The summed E-state index contributed by atoms with van der Waals surface area (Å²) >= 11 is 0. The highest BCUT2D eigenvalue weighted by Crippen LogP contribution is 2.46. The molecule has 37 heavy (non-hydrogen) atoms. The average molecular weight is 539 g/mol. The Hall–Kier alpha value is -3.42. The summed E-state index contributed by atoms with van der Waals surface area (Å²) in [5.74, 6) is -0.990. The Morgan fingerprint density at radius 1 is 1.14 bits per heavy atom. The van der Waals surface area contributed by atoms with E-state index in [-0.39, 0.29) is 34.0 Å². The molecule has 0 spiro atoms. The fraction of sp³-hybridized carbons (Fsp3) is 0.375. The van der Waals surface area contributed by atoms with Crippen LogP contribution in [0.3, 0.4) is 0 Å². The maximum absolute atomic E-state index is 13.5. The molecule has 5 N–H and O–H groups in total. The summed E-state index contributed by atoms with van der Waals surface area (Å²) in [6.45, 7) is 0.217. The zero-order valence-electron chi connectivity index (χ0n) is 20.2. The van der Waals surface area contributed by atoms with Gasteiger partial charge in [-0.2, -0.15) is 19.4 Å². The zero-order chi connectivity index (χ0) is 27.1. The van der Waals surface area contributed by atoms with Crippen molar-refractivity contribution in [2.45, 2.75) is 44.9 Å². The summed E-state index contributed by atoms with van der Waals surface area (Å²) in [5, 5.41) is 2.94. The fourth-order valence-corrected chi connectivity index (χ4v) is 6.15. The van der Waals surface area contributed by atoms with Crippen LogP contribution in [0.2, 0.25) is 0 Å². The normalized spacial score (nSPS) is 18.4. The molecular formula is C24H28F2N4O6S. The first-order valence-electron chi connectivity index (χ1n) is 11.5. The molecule has 3 aromatic rings. The number of imidazole rings is 1. The molecule has 1 aliphatic heterocycles. The maximum Gasteiger partial charge on any atom is 0.387 e. The Labute approximate surface area is 212 Å². The van der Waals surface area contributed by atoms with Gasteiger partial charge in [-0.25, -0.2) is 4.79 Å². The van der Waals surface area contributed by atoms with Crippen molar-refractivity contribution >= 4 is 33.4 Å². The van der Waals surface area contributed by atoms with Crippen molar-refractivity contribution in [1.82, 2.24) is 14.5 Å². The molecule has 1 atom stereocenters. The van der Waals surface area contributed by atoms with Gasteiger partial charge in [-0.1, -0.05) is 6.07 Å². The Bertz CT molecular complexity index is 1410. The Morgan fingerprint density at radius 3 is 2.43 bits per heavy atom. The van der Waals surface area contributed by atoms with Crippen LogP contribution in [0.15, 0.2) is 47.3 Å². The van der Waals surface area contributed by atoms with Crippen LogP contribution in [0.1, 0.15) is 43.1 Å². The minimum absolute atomic E-state index is 0.156. The average Bonchev–Trinajstić information content (AvgIpc) is 3.11. The van der Waals surface area contributed by atoms with Gasteiger partial charge in [0.1, 0.15) is 11.8 Å². The number of carbonyl (C=O) groups excluding carboxylic acids is 2. The van der Waals surface area contributed by atoms with Crippen molar-refractivity contribution in [3.05, 3.63) is 58.5 Å². The van der Waals surface area contributed by atoms with E-state index in [1.807, 2.05) is 6.92 Å². The van der Waals surface area contributed by atoms with Crippen molar-refractivity contribution in [2.24, 2.45) is 5.73 Å².